The van der Waals surface area contributed by atoms with Crippen molar-refractivity contribution in [3.63, 3.8) is 0 Å². The molecule has 1 heterocycles. The molecule has 4 nitrogen and oxygen atoms in total. The molecule has 0 aliphatic heterocycles. The Hall–Kier alpha value is -1.39. The lowest BCUT2D eigenvalue weighted by Crippen LogP contribution is -2.15. The highest BCUT2D eigenvalue weighted by Crippen LogP contribution is 2.29. The maximum atomic E-state index is 13.2. The van der Waals surface area contributed by atoms with Crippen molar-refractivity contribution in [2.45, 2.75) is 25.7 Å². The maximum Gasteiger partial charge on any atom is 0.255 e. The van der Waals surface area contributed by atoms with Crippen LogP contribution < -0.4 is 10.1 Å². The van der Waals surface area contributed by atoms with Crippen LogP contribution in [-0.4, -0.2) is 23.6 Å². The Morgan fingerprint density at radius 1 is 1.56 bits per heavy atom. The molecular weight excluding hydrogens is 209 g/mol. The minimum atomic E-state index is -0.507. The minimum absolute atomic E-state index is 0.0404. The van der Waals surface area contributed by atoms with Gasteiger partial charge in [0.05, 0.1) is 12.8 Å². The molecule has 88 valence electrons. The van der Waals surface area contributed by atoms with E-state index in [0.29, 0.717) is 12.6 Å². The summed E-state index contributed by atoms with van der Waals surface area (Å²) in [6.45, 7) is 0.530. The maximum absolute atomic E-state index is 13.2. The summed E-state index contributed by atoms with van der Waals surface area (Å²) in [7, 11) is 1.69. The van der Waals surface area contributed by atoms with E-state index in [4.69, 9.17) is 4.74 Å². The highest BCUT2D eigenvalue weighted by molar-refractivity contribution is 5.27. The predicted molar refractivity (Wildman–Crippen MR) is 59.0 cm³/mol. The normalized spacial score (nSPS) is 15.6. The third-order valence-corrected chi connectivity index (χ3v) is 2.93. The van der Waals surface area contributed by atoms with Crippen LogP contribution in [0.4, 0.5) is 10.3 Å². The summed E-state index contributed by atoms with van der Waals surface area (Å²) in [5.74, 6) is 0.667. The van der Waals surface area contributed by atoms with Gasteiger partial charge in [-0.3, -0.25) is 0 Å². The molecular formula is C11H16FN3O. The van der Waals surface area contributed by atoms with Gasteiger partial charge in [0.1, 0.15) is 0 Å². The largest absolute Gasteiger partial charge is 0.475 e. The van der Waals surface area contributed by atoms with E-state index in [1.54, 1.807) is 7.05 Å². The van der Waals surface area contributed by atoms with Crippen LogP contribution in [0.3, 0.4) is 0 Å². The zero-order valence-corrected chi connectivity index (χ0v) is 9.37. The van der Waals surface area contributed by atoms with E-state index in [0.717, 1.165) is 18.5 Å². The molecule has 1 saturated carbocycles. The summed E-state index contributed by atoms with van der Waals surface area (Å²) in [5.41, 5.74) is 0. The van der Waals surface area contributed by atoms with E-state index in [1.165, 1.54) is 19.3 Å². The van der Waals surface area contributed by atoms with E-state index in [2.05, 4.69) is 15.3 Å². The molecule has 2 rings (SSSR count). The van der Waals surface area contributed by atoms with Gasteiger partial charge in [-0.05, 0) is 12.3 Å². The summed E-state index contributed by atoms with van der Waals surface area (Å²) < 4.78 is 18.6. The molecule has 1 aliphatic carbocycles. The van der Waals surface area contributed by atoms with Crippen LogP contribution in [0.2, 0.25) is 0 Å². The van der Waals surface area contributed by atoms with Gasteiger partial charge in [-0.25, -0.2) is 4.98 Å². The summed E-state index contributed by atoms with van der Waals surface area (Å²) in [4.78, 5) is 7.66. The van der Waals surface area contributed by atoms with Gasteiger partial charge in [0.2, 0.25) is 11.8 Å². The smallest absolute Gasteiger partial charge is 0.255 e. The highest BCUT2D eigenvalue weighted by Gasteiger charge is 2.17. The molecule has 0 saturated heterocycles. The van der Waals surface area contributed by atoms with E-state index in [9.17, 15) is 4.39 Å². The molecule has 0 aromatic carbocycles. The third-order valence-electron chi connectivity index (χ3n) is 2.93. The molecule has 5 heteroatoms. The number of nitrogens with zero attached hydrogens (tertiary/aromatic N) is 2. The van der Waals surface area contributed by atoms with Gasteiger partial charge in [0, 0.05) is 7.05 Å². The van der Waals surface area contributed by atoms with Crippen LogP contribution in [-0.2, 0) is 0 Å². The molecule has 1 aromatic rings. The zero-order chi connectivity index (χ0) is 11.4. The van der Waals surface area contributed by atoms with Crippen LogP contribution in [0.5, 0.6) is 5.88 Å². The molecule has 0 amide bonds. The summed E-state index contributed by atoms with van der Waals surface area (Å²) in [5, 5.41) is 2.75. The molecule has 0 unspecified atom stereocenters. The molecule has 1 aliphatic rings. The molecule has 0 radical (unpaired) electrons. The lowest BCUT2D eigenvalue weighted by molar-refractivity contribution is 0.211. The lowest BCUT2D eigenvalue weighted by atomic mass is 9.83. The van der Waals surface area contributed by atoms with Gasteiger partial charge in [-0.1, -0.05) is 19.3 Å². The third kappa shape index (κ3) is 2.59. The summed E-state index contributed by atoms with van der Waals surface area (Å²) in [6.07, 6.45) is 5.97. The molecule has 16 heavy (non-hydrogen) atoms. The van der Waals surface area contributed by atoms with Crippen LogP contribution >= 0.6 is 0 Å². The van der Waals surface area contributed by atoms with Crippen LogP contribution in [0.1, 0.15) is 25.7 Å². The van der Waals surface area contributed by atoms with Crippen LogP contribution in [0, 0.1) is 11.7 Å². The van der Waals surface area contributed by atoms with Gasteiger partial charge >= 0.3 is 0 Å². The van der Waals surface area contributed by atoms with Crippen molar-refractivity contribution in [3.05, 3.63) is 12.0 Å². The number of rotatable bonds is 5. The molecule has 1 N–H and O–H groups in total. The summed E-state index contributed by atoms with van der Waals surface area (Å²) >= 11 is 0. The van der Waals surface area contributed by atoms with Crippen molar-refractivity contribution in [1.82, 2.24) is 9.97 Å². The Labute approximate surface area is 94.2 Å². The highest BCUT2D eigenvalue weighted by atomic mass is 19.1. The first-order valence-corrected chi connectivity index (χ1v) is 5.62. The number of ether oxygens (including phenoxy) is 1. The molecule has 1 fully saturated rings. The molecule has 1 aromatic heterocycles. The van der Waals surface area contributed by atoms with E-state index < -0.39 is 5.82 Å². The number of anilines is 1. The fourth-order valence-electron chi connectivity index (χ4n) is 1.68. The Bertz CT molecular complexity index is 355. The SMILES string of the molecule is CNc1ncc(F)c(OCCC2CCC2)n1. The fraction of sp³-hybridized carbons (Fsp3) is 0.636. The Morgan fingerprint density at radius 3 is 3.00 bits per heavy atom. The van der Waals surface area contributed by atoms with Gasteiger partial charge in [0.15, 0.2) is 0 Å². The van der Waals surface area contributed by atoms with E-state index in [1.807, 2.05) is 0 Å². The van der Waals surface area contributed by atoms with Crippen molar-refractivity contribution in [3.8, 4) is 5.88 Å². The number of nitrogens with one attached hydrogen (secondary N) is 1. The quantitative estimate of drug-likeness (QED) is 0.834. The van der Waals surface area contributed by atoms with Crippen molar-refractivity contribution in [2.75, 3.05) is 19.0 Å². The van der Waals surface area contributed by atoms with Crippen molar-refractivity contribution in [1.29, 1.82) is 0 Å². The first-order chi connectivity index (χ1) is 7.79. The summed E-state index contributed by atoms with van der Waals surface area (Å²) in [6, 6.07) is 0. The van der Waals surface area contributed by atoms with Gasteiger partial charge in [0.25, 0.3) is 5.88 Å². The van der Waals surface area contributed by atoms with E-state index >= 15 is 0 Å². The first kappa shape index (κ1) is 11.1. The Morgan fingerprint density at radius 2 is 2.38 bits per heavy atom. The fourth-order valence-corrected chi connectivity index (χ4v) is 1.68. The Kier molecular flexibility index (Phi) is 3.54. The second-order valence-corrected chi connectivity index (χ2v) is 4.03. The molecule has 0 atom stereocenters. The number of hydrogen-bond acceptors (Lipinski definition) is 4. The molecule has 0 spiro atoms. The average molecular weight is 225 g/mol. The zero-order valence-electron chi connectivity index (χ0n) is 9.37. The van der Waals surface area contributed by atoms with Crippen LogP contribution in [0.25, 0.3) is 0 Å². The average Bonchev–Trinajstić information content (AvgIpc) is 2.24. The van der Waals surface area contributed by atoms with Gasteiger partial charge in [-0.2, -0.15) is 9.37 Å². The lowest BCUT2D eigenvalue weighted by Gasteiger charge is -2.24. The number of hydrogen-bond donors (Lipinski definition) is 1. The number of aromatic nitrogens is 2. The van der Waals surface area contributed by atoms with Crippen molar-refractivity contribution < 1.29 is 9.13 Å². The number of halogens is 1. The van der Waals surface area contributed by atoms with Crippen molar-refractivity contribution >= 4 is 5.95 Å². The standard InChI is InChI=1S/C11H16FN3O/c1-13-11-14-7-9(12)10(15-11)16-6-5-8-3-2-4-8/h7-8H,2-6H2,1H3,(H,13,14,15). The van der Waals surface area contributed by atoms with Gasteiger partial charge < -0.3 is 10.1 Å². The van der Waals surface area contributed by atoms with E-state index in [-0.39, 0.29) is 5.88 Å². The first-order valence-electron chi connectivity index (χ1n) is 5.62. The second kappa shape index (κ2) is 5.09. The molecule has 0 bridgehead atoms. The predicted octanol–water partition coefficient (Wildman–Crippen LogP) is 2.23. The van der Waals surface area contributed by atoms with Crippen LogP contribution in [0.15, 0.2) is 6.20 Å². The monoisotopic (exact) mass is 225 g/mol. The van der Waals surface area contributed by atoms with Gasteiger partial charge in [-0.15, -0.1) is 0 Å². The topological polar surface area (TPSA) is 47.0 Å². The second-order valence-electron chi connectivity index (χ2n) is 4.03. The van der Waals surface area contributed by atoms with Crippen molar-refractivity contribution in [2.24, 2.45) is 5.92 Å². The Balaban J connectivity index is 1.86. The minimum Gasteiger partial charge on any atom is -0.475 e.